The summed E-state index contributed by atoms with van der Waals surface area (Å²) in [6, 6.07) is 9.15. The Bertz CT molecular complexity index is 1070. The summed E-state index contributed by atoms with van der Waals surface area (Å²) in [5.74, 6) is -1.43. The van der Waals surface area contributed by atoms with Gasteiger partial charge in [0, 0.05) is 20.0 Å². The van der Waals surface area contributed by atoms with Crippen LogP contribution >= 0.6 is 0 Å². The second-order valence-corrected chi connectivity index (χ2v) is 7.72. The molecule has 1 aromatic carbocycles. The summed E-state index contributed by atoms with van der Waals surface area (Å²) in [7, 11) is 1.75. The number of benzene rings is 1. The number of carbonyl (C=O) groups excluding carboxylic acids is 3. The number of nitrogens with one attached hydrogen (secondary N) is 1. The van der Waals surface area contributed by atoms with Gasteiger partial charge in [-0.05, 0) is 31.9 Å². The molecule has 0 bridgehead atoms. The summed E-state index contributed by atoms with van der Waals surface area (Å²) in [4.78, 5) is 51.6. The van der Waals surface area contributed by atoms with Crippen LogP contribution in [-0.4, -0.2) is 38.5 Å². The molecule has 30 heavy (non-hydrogen) atoms. The van der Waals surface area contributed by atoms with Gasteiger partial charge in [0.15, 0.2) is 0 Å². The molecule has 2 heterocycles. The van der Waals surface area contributed by atoms with Gasteiger partial charge in [-0.3, -0.25) is 28.8 Å². The number of nitrogens with zero attached hydrogens (tertiary/aromatic N) is 3. The molecule has 2 atom stereocenters. The van der Waals surface area contributed by atoms with E-state index in [0.717, 1.165) is 0 Å². The average molecular weight is 408 g/mol. The van der Waals surface area contributed by atoms with Gasteiger partial charge >= 0.3 is 0 Å². The fourth-order valence-electron chi connectivity index (χ4n) is 4.22. The minimum absolute atomic E-state index is 0.0231. The van der Waals surface area contributed by atoms with Crippen molar-refractivity contribution in [2.75, 3.05) is 11.9 Å². The second-order valence-electron chi connectivity index (χ2n) is 7.72. The summed E-state index contributed by atoms with van der Waals surface area (Å²) < 4.78 is 3.16. The van der Waals surface area contributed by atoms with Gasteiger partial charge in [-0.2, -0.15) is 0 Å². The molecule has 4 rings (SSSR count). The average Bonchev–Trinajstić information content (AvgIpc) is 3.12. The Hall–Kier alpha value is -3.42. The highest BCUT2D eigenvalue weighted by molar-refractivity contribution is 6.05. The Morgan fingerprint density at radius 1 is 1.03 bits per heavy atom. The molecule has 0 unspecified atom stereocenters. The second kappa shape index (κ2) is 7.78. The van der Waals surface area contributed by atoms with Crippen molar-refractivity contribution < 1.29 is 14.4 Å². The Kier molecular flexibility index (Phi) is 5.15. The van der Waals surface area contributed by atoms with Crippen molar-refractivity contribution in [3.05, 3.63) is 58.5 Å². The van der Waals surface area contributed by atoms with E-state index in [1.165, 1.54) is 9.58 Å². The lowest BCUT2D eigenvalue weighted by Gasteiger charge is -2.14. The fourth-order valence-corrected chi connectivity index (χ4v) is 4.22. The zero-order valence-electron chi connectivity index (χ0n) is 17.0. The van der Waals surface area contributed by atoms with Gasteiger partial charge < -0.3 is 5.32 Å². The number of para-hydroxylation sites is 1. The first-order valence-corrected chi connectivity index (χ1v) is 10.0. The lowest BCUT2D eigenvalue weighted by Crippen LogP contribution is -2.34. The molecule has 3 amide bonds. The van der Waals surface area contributed by atoms with E-state index in [9.17, 15) is 19.2 Å². The summed E-state index contributed by atoms with van der Waals surface area (Å²) >= 11 is 0. The van der Waals surface area contributed by atoms with Gasteiger partial charge in [0.1, 0.15) is 5.69 Å². The molecule has 1 aliphatic heterocycles. The van der Waals surface area contributed by atoms with Crippen molar-refractivity contribution >= 4 is 23.4 Å². The number of fused-ring (bicyclic) bond motifs is 1. The van der Waals surface area contributed by atoms with Crippen LogP contribution in [0.3, 0.4) is 0 Å². The fraction of sp³-hybridized carbons (Fsp3) is 0.364. The van der Waals surface area contributed by atoms with E-state index in [1.54, 1.807) is 18.7 Å². The van der Waals surface area contributed by atoms with E-state index >= 15 is 0 Å². The molecular weight excluding hydrogens is 384 g/mol. The first-order chi connectivity index (χ1) is 14.4. The molecule has 8 nitrogen and oxygen atoms in total. The third-order valence-corrected chi connectivity index (χ3v) is 5.98. The number of allylic oxidation sites excluding steroid dienone is 2. The highest BCUT2D eigenvalue weighted by Crippen LogP contribution is 2.35. The lowest BCUT2D eigenvalue weighted by molar-refractivity contribution is -0.140. The van der Waals surface area contributed by atoms with Crippen molar-refractivity contribution in [2.24, 2.45) is 18.9 Å². The SMILES string of the molecule is Cc1c(NC(=O)CCN2C(=O)[C@H]3CC=CC[C@H]3C2=O)c(=O)n(-c2ccccc2)n1C. The zero-order chi connectivity index (χ0) is 21.4. The smallest absolute Gasteiger partial charge is 0.295 e. The number of carbonyl (C=O) groups is 3. The molecular formula is C22H24N4O4. The molecule has 0 spiro atoms. The Balaban J connectivity index is 1.46. The van der Waals surface area contributed by atoms with Crippen LogP contribution in [0.4, 0.5) is 5.69 Å². The van der Waals surface area contributed by atoms with E-state index in [4.69, 9.17) is 0 Å². The first kappa shape index (κ1) is 19.9. The predicted octanol–water partition coefficient (Wildman–Crippen LogP) is 1.76. The number of imide groups is 1. The van der Waals surface area contributed by atoms with Crippen LogP contribution in [0.15, 0.2) is 47.3 Å². The number of hydrogen-bond donors (Lipinski definition) is 1. The van der Waals surface area contributed by atoms with E-state index in [2.05, 4.69) is 5.32 Å². The number of anilines is 1. The van der Waals surface area contributed by atoms with Crippen molar-refractivity contribution in [3.8, 4) is 5.69 Å². The molecule has 1 aliphatic carbocycles. The maximum absolute atomic E-state index is 12.9. The minimum Gasteiger partial charge on any atom is -0.320 e. The molecule has 1 saturated heterocycles. The molecule has 1 N–H and O–H groups in total. The highest BCUT2D eigenvalue weighted by Gasteiger charge is 2.46. The van der Waals surface area contributed by atoms with Crippen molar-refractivity contribution in [1.29, 1.82) is 0 Å². The standard InChI is InChI=1S/C22H24N4O4/c1-14-19(22(30)26(24(14)2)15-8-4-3-5-9-15)23-18(27)12-13-25-20(28)16-10-6-7-11-17(16)21(25)29/h3-9,16-17H,10-13H2,1-2H3,(H,23,27)/t16-,17+. The minimum atomic E-state index is -0.408. The molecule has 1 aromatic heterocycles. The molecule has 1 fully saturated rings. The van der Waals surface area contributed by atoms with Crippen molar-refractivity contribution in [3.63, 3.8) is 0 Å². The van der Waals surface area contributed by atoms with E-state index in [-0.39, 0.29) is 47.9 Å². The molecule has 0 radical (unpaired) electrons. The number of hydrogen-bond acceptors (Lipinski definition) is 4. The molecule has 0 saturated carbocycles. The Labute approximate surface area is 173 Å². The quantitative estimate of drug-likeness (QED) is 0.603. The van der Waals surface area contributed by atoms with Crippen LogP contribution in [0.5, 0.6) is 0 Å². The Morgan fingerprint density at radius 3 is 2.23 bits per heavy atom. The van der Waals surface area contributed by atoms with Crippen LogP contribution < -0.4 is 10.9 Å². The van der Waals surface area contributed by atoms with Crippen molar-refractivity contribution in [1.82, 2.24) is 14.3 Å². The lowest BCUT2D eigenvalue weighted by atomic mass is 9.85. The third kappa shape index (κ3) is 3.28. The summed E-state index contributed by atoms with van der Waals surface area (Å²) in [6.45, 7) is 1.77. The van der Waals surface area contributed by atoms with Crippen LogP contribution in [0, 0.1) is 18.8 Å². The highest BCUT2D eigenvalue weighted by atomic mass is 16.2. The maximum atomic E-state index is 12.9. The van der Waals surface area contributed by atoms with E-state index in [0.29, 0.717) is 24.2 Å². The summed E-state index contributed by atoms with van der Waals surface area (Å²) in [5.41, 5.74) is 1.17. The normalized spacial score (nSPS) is 20.5. The maximum Gasteiger partial charge on any atom is 0.295 e. The zero-order valence-corrected chi connectivity index (χ0v) is 17.0. The molecule has 2 aromatic rings. The number of likely N-dealkylation sites (tertiary alicyclic amines) is 1. The number of amides is 3. The van der Waals surface area contributed by atoms with Gasteiger partial charge in [-0.25, -0.2) is 4.68 Å². The van der Waals surface area contributed by atoms with Crippen LogP contribution in [0.2, 0.25) is 0 Å². The molecule has 2 aliphatic rings. The predicted molar refractivity (Wildman–Crippen MR) is 111 cm³/mol. The topological polar surface area (TPSA) is 93.4 Å². The van der Waals surface area contributed by atoms with Gasteiger partial charge in [0.2, 0.25) is 17.7 Å². The van der Waals surface area contributed by atoms with Gasteiger partial charge in [0.25, 0.3) is 5.56 Å². The molecule has 156 valence electrons. The monoisotopic (exact) mass is 408 g/mol. The van der Waals surface area contributed by atoms with E-state index in [1.807, 2.05) is 42.5 Å². The Morgan fingerprint density at radius 2 is 1.63 bits per heavy atom. The van der Waals surface area contributed by atoms with Gasteiger partial charge in [0.05, 0.1) is 23.2 Å². The summed E-state index contributed by atoms with van der Waals surface area (Å²) in [6.07, 6.45) is 4.95. The largest absolute Gasteiger partial charge is 0.320 e. The van der Waals surface area contributed by atoms with Gasteiger partial charge in [-0.1, -0.05) is 30.4 Å². The summed E-state index contributed by atoms with van der Waals surface area (Å²) in [5, 5.41) is 2.67. The van der Waals surface area contributed by atoms with Crippen LogP contribution in [0.1, 0.15) is 25.0 Å². The third-order valence-electron chi connectivity index (χ3n) is 5.98. The number of rotatable bonds is 5. The van der Waals surface area contributed by atoms with Crippen LogP contribution in [0.25, 0.3) is 5.69 Å². The van der Waals surface area contributed by atoms with Crippen molar-refractivity contribution in [2.45, 2.75) is 26.2 Å². The van der Waals surface area contributed by atoms with E-state index < -0.39 is 5.91 Å². The van der Waals surface area contributed by atoms with Gasteiger partial charge in [-0.15, -0.1) is 0 Å². The first-order valence-electron chi connectivity index (χ1n) is 10.0. The van der Waals surface area contributed by atoms with Crippen LogP contribution in [-0.2, 0) is 21.4 Å². The number of aromatic nitrogens is 2. The molecule has 8 heteroatoms.